The topological polar surface area (TPSA) is 34.1 Å². The van der Waals surface area contributed by atoms with Crippen molar-refractivity contribution in [3.63, 3.8) is 0 Å². The van der Waals surface area contributed by atoms with Crippen molar-refractivity contribution in [1.29, 1.82) is 0 Å². The number of carbonyl (C=O) groups excluding carboxylic acids is 1. The molecular weight excluding hydrogens is 331 g/mol. The van der Waals surface area contributed by atoms with E-state index in [9.17, 15) is 13.4 Å². The van der Waals surface area contributed by atoms with Gasteiger partial charge in [-0.15, -0.1) is 0 Å². The molecule has 0 heterocycles. The Hall–Kier alpha value is -1.33. The Morgan fingerprint density at radius 3 is 2.47 bits per heavy atom. The standard InChI is InChI=1S/C14H10BrFO2S/c15-11-2-1-3-13(8-11)19(18)9-14(17)10-4-6-12(16)7-5-10/h1-8H,9H2. The molecule has 1 atom stereocenters. The van der Waals surface area contributed by atoms with Gasteiger partial charge < -0.3 is 0 Å². The molecule has 5 heteroatoms. The highest BCUT2D eigenvalue weighted by Crippen LogP contribution is 2.15. The number of hydrogen-bond acceptors (Lipinski definition) is 2. The fraction of sp³-hybridized carbons (Fsp3) is 0.0714. The molecule has 98 valence electrons. The van der Waals surface area contributed by atoms with Gasteiger partial charge >= 0.3 is 0 Å². The van der Waals surface area contributed by atoms with Crippen LogP contribution in [0.2, 0.25) is 0 Å². The van der Waals surface area contributed by atoms with E-state index in [1.54, 1.807) is 18.2 Å². The van der Waals surface area contributed by atoms with Crippen molar-refractivity contribution in [2.24, 2.45) is 0 Å². The van der Waals surface area contributed by atoms with E-state index in [4.69, 9.17) is 0 Å². The van der Waals surface area contributed by atoms with Gasteiger partial charge in [0.05, 0.1) is 16.6 Å². The van der Waals surface area contributed by atoms with Crippen LogP contribution in [0.5, 0.6) is 0 Å². The number of halogens is 2. The average Bonchev–Trinajstić information content (AvgIpc) is 2.39. The number of carbonyl (C=O) groups is 1. The Bertz CT molecular complexity index is 626. The molecule has 0 radical (unpaired) electrons. The molecule has 0 aliphatic rings. The molecule has 2 nitrogen and oxygen atoms in total. The van der Waals surface area contributed by atoms with E-state index in [-0.39, 0.29) is 11.5 Å². The van der Waals surface area contributed by atoms with Gasteiger partial charge in [-0.05, 0) is 42.5 Å². The van der Waals surface area contributed by atoms with Gasteiger partial charge in [0, 0.05) is 14.9 Å². The molecule has 0 amide bonds. The van der Waals surface area contributed by atoms with E-state index in [1.165, 1.54) is 24.3 Å². The van der Waals surface area contributed by atoms with Crippen LogP contribution in [0.4, 0.5) is 4.39 Å². The van der Waals surface area contributed by atoms with Gasteiger partial charge in [0.15, 0.2) is 5.78 Å². The van der Waals surface area contributed by atoms with Crippen molar-refractivity contribution in [3.8, 4) is 0 Å². The van der Waals surface area contributed by atoms with Crippen LogP contribution in [-0.2, 0) is 10.8 Å². The van der Waals surface area contributed by atoms with Gasteiger partial charge in [-0.1, -0.05) is 22.0 Å². The maximum atomic E-state index is 12.7. The lowest BCUT2D eigenvalue weighted by Crippen LogP contribution is -2.11. The van der Waals surface area contributed by atoms with E-state index in [2.05, 4.69) is 15.9 Å². The molecule has 0 spiro atoms. The summed E-state index contributed by atoms with van der Waals surface area (Å²) >= 11 is 3.29. The molecule has 1 unspecified atom stereocenters. The fourth-order valence-electron chi connectivity index (χ4n) is 1.53. The summed E-state index contributed by atoms with van der Waals surface area (Å²) in [5.74, 6) is -0.773. The minimum Gasteiger partial charge on any atom is -0.293 e. The normalized spacial score (nSPS) is 12.1. The zero-order chi connectivity index (χ0) is 13.8. The van der Waals surface area contributed by atoms with Crippen molar-refractivity contribution < 1.29 is 13.4 Å². The van der Waals surface area contributed by atoms with Crippen LogP contribution in [0, 0.1) is 5.82 Å². The quantitative estimate of drug-likeness (QED) is 0.797. The molecule has 0 bridgehead atoms. The molecule has 0 N–H and O–H groups in total. The minimum atomic E-state index is -1.40. The summed E-state index contributed by atoms with van der Waals surface area (Å²) in [5, 5.41) is 0. The zero-order valence-electron chi connectivity index (χ0n) is 9.81. The maximum Gasteiger partial charge on any atom is 0.175 e. The van der Waals surface area contributed by atoms with Crippen LogP contribution in [0.1, 0.15) is 10.4 Å². The maximum absolute atomic E-state index is 12.7. The van der Waals surface area contributed by atoms with Crippen molar-refractivity contribution in [2.75, 3.05) is 5.75 Å². The first-order valence-electron chi connectivity index (χ1n) is 5.49. The van der Waals surface area contributed by atoms with E-state index < -0.39 is 16.6 Å². The zero-order valence-corrected chi connectivity index (χ0v) is 12.2. The van der Waals surface area contributed by atoms with Crippen LogP contribution < -0.4 is 0 Å². The first kappa shape index (κ1) is 14.1. The van der Waals surface area contributed by atoms with Crippen molar-refractivity contribution in [2.45, 2.75) is 4.90 Å². The Labute approximate surface area is 121 Å². The predicted molar refractivity (Wildman–Crippen MR) is 76.1 cm³/mol. The molecule has 2 rings (SSSR count). The molecule has 0 saturated carbocycles. The molecule has 0 aliphatic carbocycles. The Kier molecular flexibility index (Phi) is 4.61. The van der Waals surface area contributed by atoms with E-state index >= 15 is 0 Å². The first-order valence-corrected chi connectivity index (χ1v) is 7.60. The van der Waals surface area contributed by atoms with Gasteiger partial charge in [-0.3, -0.25) is 9.00 Å². The summed E-state index contributed by atoms with van der Waals surface area (Å²) in [6.07, 6.45) is 0. The smallest absolute Gasteiger partial charge is 0.175 e. The third kappa shape index (κ3) is 3.81. The Morgan fingerprint density at radius 1 is 1.16 bits per heavy atom. The Morgan fingerprint density at radius 2 is 1.84 bits per heavy atom. The highest BCUT2D eigenvalue weighted by Gasteiger charge is 2.12. The molecule has 2 aromatic rings. The van der Waals surface area contributed by atoms with E-state index in [0.717, 1.165) is 4.47 Å². The molecule has 19 heavy (non-hydrogen) atoms. The third-order valence-corrected chi connectivity index (χ3v) is 4.28. The first-order chi connectivity index (χ1) is 9.06. The average molecular weight is 341 g/mol. The van der Waals surface area contributed by atoms with Gasteiger partial charge in [0.1, 0.15) is 5.82 Å². The second-order valence-corrected chi connectivity index (χ2v) is 6.24. The summed E-state index contributed by atoms with van der Waals surface area (Å²) in [6, 6.07) is 12.2. The lowest BCUT2D eigenvalue weighted by atomic mass is 10.1. The number of hydrogen-bond donors (Lipinski definition) is 0. The number of benzene rings is 2. The molecule has 0 fully saturated rings. The molecule has 0 aromatic heterocycles. The van der Waals surface area contributed by atoms with Gasteiger partial charge in [-0.25, -0.2) is 4.39 Å². The van der Waals surface area contributed by atoms with Crippen LogP contribution >= 0.6 is 15.9 Å². The number of rotatable bonds is 4. The largest absolute Gasteiger partial charge is 0.293 e. The molecule has 0 saturated heterocycles. The predicted octanol–water partition coefficient (Wildman–Crippen LogP) is 3.58. The highest BCUT2D eigenvalue weighted by molar-refractivity contribution is 9.10. The van der Waals surface area contributed by atoms with Gasteiger partial charge in [0.25, 0.3) is 0 Å². The minimum absolute atomic E-state index is 0.109. The summed E-state index contributed by atoms with van der Waals surface area (Å²) in [5.41, 5.74) is 0.366. The second-order valence-electron chi connectivity index (χ2n) is 3.88. The highest BCUT2D eigenvalue weighted by atomic mass is 79.9. The van der Waals surface area contributed by atoms with Crippen LogP contribution in [0.25, 0.3) is 0 Å². The van der Waals surface area contributed by atoms with Crippen LogP contribution in [0.15, 0.2) is 57.9 Å². The lowest BCUT2D eigenvalue weighted by molar-refractivity contribution is 0.102. The van der Waals surface area contributed by atoms with Crippen LogP contribution in [0.3, 0.4) is 0 Å². The molecule has 2 aromatic carbocycles. The monoisotopic (exact) mass is 340 g/mol. The second kappa shape index (κ2) is 6.21. The van der Waals surface area contributed by atoms with E-state index in [0.29, 0.717) is 10.5 Å². The van der Waals surface area contributed by atoms with Crippen molar-refractivity contribution in [1.82, 2.24) is 0 Å². The summed E-state index contributed by atoms with van der Waals surface area (Å²) in [7, 11) is -1.40. The number of ketones is 1. The third-order valence-electron chi connectivity index (χ3n) is 2.49. The SMILES string of the molecule is O=C(CS(=O)c1cccc(Br)c1)c1ccc(F)cc1. The van der Waals surface area contributed by atoms with Crippen LogP contribution in [-0.4, -0.2) is 15.7 Å². The van der Waals surface area contributed by atoms with Crippen molar-refractivity contribution >= 4 is 32.5 Å². The summed E-state index contributed by atoms with van der Waals surface area (Å²) < 4.78 is 25.6. The number of Topliss-reactive ketones (excluding diaryl/α,β-unsaturated/α-hetero) is 1. The molecule has 0 aliphatic heterocycles. The molecular formula is C14H10BrFO2S. The summed E-state index contributed by atoms with van der Waals surface area (Å²) in [4.78, 5) is 12.5. The van der Waals surface area contributed by atoms with Gasteiger partial charge in [-0.2, -0.15) is 0 Å². The Balaban J connectivity index is 2.11. The lowest BCUT2D eigenvalue weighted by Gasteiger charge is -2.03. The van der Waals surface area contributed by atoms with Gasteiger partial charge in [0.2, 0.25) is 0 Å². The van der Waals surface area contributed by atoms with Crippen molar-refractivity contribution in [3.05, 3.63) is 64.4 Å². The summed E-state index contributed by atoms with van der Waals surface area (Å²) in [6.45, 7) is 0. The fourth-order valence-corrected chi connectivity index (χ4v) is 3.14. The van der Waals surface area contributed by atoms with E-state index in [1.807, 2.05) is 6.07 Å².